The van der Waals surface area contributed by atoms with Gasteiger partial charge in [-0.2, -0.15) is 0 Å². The smallest absolute Gasteiger partial charge is 0.339 e. The van der Waals surface area contributed by atoms with Crippen LogP contribution in [0.5, 0.6) is 5.75 Å². The Bertz CT molecular complexity index is 459. The number of carboxylic acid groups (broad SMARTS) is 1. The average Bonchev–Trinajstić information content (AvgIpc) is 2.28. The highest BCUT2D eigenvalue weighted by atomic mass is 16.4. The Morgan fingerprint density at radius 3 is 2.17 bits per heavy atom. The van der Waals surface area contributed by atoms with Crippen molar-refractivity contribution in [3.05, 3.63) is 29.3 Å². The molecular formula is C15H22O3. The van der Waals surface area contributed by atoms with Crippen LogP contribution in [0, 0.1) is 5.41 Å². The molecular weight excluding hydrogens is 228 g/mol. The van der Waals surface area contributed by atoms with Crippen LogP contribution in [0.3, 0.4) is 0 Å². The zero-order chi connectivity index (χ0) is 14.1. The molecule has 0 aromatic heterocycles. The zero-order valence-corrected chi connectivity index (χ0v) is 11.7. The van der Waals surface area contributed by atoms with E-state index >= 15 is 0 Å². The fourth-order valence-electron chi connectivity index (χ4n) is 1.93. The number of hydrogen-bond donors (Lipinski definition) is 2. The number of phenols is 1. The van der Waals surface area contributed by atoms with Gasteiger partial charge in [0.1, 0.15) is 11.3 Å². The van der Waals surface area contributed by atoms with Crippen molar-refractivity contribution in [2.75, 3.05) is 0 Å². The fourth-order valence-corrected chi connectivity index (χ4v) is 1.93. The van der Waals surface area contributed by atoms with E-state index in [1.165, 1.54) is 6.07 Å². The van der Waals surface area contributed by atoms with E-state index < -0.39 is 5.97 Å². The lowest BCUT2D eigenvalue weighted by molar-refractivity contribution is 0.0693. The lowest BCUT2D eigenvalue weighted by atomic mass is 9.63. The number of benzene rings is 1. The second-order valence-corrected chi connectivity index (χ2v) is 5.90. The Morgan fingerprint density at radius 1 is 1.22 bits per heavy atom. The van der Waals surface area contributed by atoms with Crippen LogP contribution in [-0.4, -0.2) is 16.2 Å². The summed E-state index contributed by atoms with van der Waals surface area (Å²) in [6, 6.07) is 4.84. The third kappa shape index (κ3) is 2.35. The van der Waals surface area contributed by atoms with Crippen molar-refractivity contribution in [2.45, 2.75) is 46.5 Å². The maximum absolute atomic E-state index is 10.9. The second kappa shape index (κ2) is 4.63. The molecule has 0 fully saturated rings. The van der Waals surface area contributed by atoms with Crippen molar-refractivity contribution >= 4 is 5.97 Å². The van der Waals surface area contributed by atoms with Gasteiger partial charge in [0.2, 0.25) is 0 Å². The van der Waals surface area contributed by atoms with E-state index in [2.05, 4.69) is 34.6 Å². The van der Waals surface area contributed by atoms with Crippen LogP contribution in [0.1, 0.15) is 57.0 Å². The standard InChI is InChI=1S/C15H22O3/c1-6-14(2,3)15(4,5)10-7-8-11(13(17)18)12(16)9-10/h7-9,16H,6H2,1-5H3,(H,17,18). The summed E-state index contributed by atoms with van der Waals surface area (Å²) in [5, 5.41) is 18.7. The first-order valence-corrected chi connectivity index (χ1v) is 6.20. The van der Waals surface area contributed by atoms with Gasteiger partial charge in [-0.25, -0.2) is 4.79 Å². The summed E-state index contributed by atoms with van der Waals surface area (Å²) in [6.07, 6.45) is 1.00. The van der Waals surface area contributed by atoms with Crippen molar-refractivity contribution in [3.63, 3.8) is 0 Å². The van der Waals surface area contributed by atoms with Crippen molar-refractivity contribution in [1.82, 2.24) is 0 Å². The molecule has 0 amide bonds. The number of rotatable bonds is 4. The molecule has 0 heterocycles. The quantitative estimate of drug-likeness (QED) is 0.854. The van der Waals surface area contributed by atoms with Crippen LogP contribution in [0.25, 0.3) is 0 Å². The molecule has 0 aliphatic carbocycles. The highest BCUT2D eigenvalue weighted by Crippen LogP contribution is 2.44. The van der Waals surface area contributed by atoms with Crippen LogP contribution in [0.15, 0.2) is 18.2 Å². The molecule has 18 heavy (non-hydrogen) atoms. The molecule has 0 unspecified atom stereocenters. The van der Waals surface area contributed by atoms with E-state index in [1.807, 2.05) is 0 Å². The molecule has 1 aromatic carbocycles. The van der Waals surface area contributed by atoms with Crippen LogP contribution in [-0.2, 0) is 5.41 Å². The molecule has 0 aliphatic heterocycles. The van der Waals surface area contributed by atoms with Gasteiger partial charge < -0.3 is 10.2 Å². The molecule has 2 N–H and O–H groups in total. The summed E-state index contributed by atoms with van der Waals surface area (Å²) in [6.45, 7) is 10.7. The SMILES string of the molecule is CCC(C)(C)C(C)(C)c1ccc(C(=O)O)c(O)c1. The number of carboxylic acids is 1. The van der Waals surface area contributed by atoms with Crippen LogP contribution < -0.4 is 0 Å². The first kappa shape index (κ1) is 14.6. The lowest BCUT2D eigenvalue weighted by Gasteiger charge is -2.42. The lowest BCUT2D eigenvalue weighted by Crippen LogP contribution is -2.36. The number of carbonyl (C=O) groups is 1. The molecule has 0 atom stereocenters. The maximum Gasteiger partial charge on any atom is 0.339 e. The fraction of sp³-hybridized carbons (Fsp3) is 0.533. The highest BCUT2D eigenvalue weighted by molar-refractivity contribution is 5.90. The number of aromatic carboxylic acids is 1. The minimum Gasteiger partial charge on any atom is -0.507 e. The summed E-state index contributed by atoms with van der Waals surface area (Å²) >= 11 is 0. The summed E-state index contributed by atoms with van der Waals surface area (Å²) in [5.74, 6) is -1.27. The molecule has 3 nitrogen and oxygen atoms in total. The Morgan fingerprint density at radius 2 is 1.78 bits per heavy atom. The molecule has 3 heteroatoms. The second-order valence-electron chi connectivity index (χ2n) is 5.90. The van der Waals surface area contributed by atoms with E-state index in [0.29, 0.717) is 0 Å². The van der Waals surface area contributed by atoms with Gasteiger partial charge in [0.05, 0.1) is 0 Å². The van der Waals surface area contributed by atoms with Crippen LogP contribution in [0.4, 0.5) is 0 Å². The summed E-state index contributed by atoms with van der Waals surface area (Å²) in [7, 11) is 0. The Hall–Kier alpha value is -1.51. The predicted octanol–water partition coefficient (Wildman–Crippen LogP) is 3.80. The Labute approximate surface area is 108 Å². The largest absolute Gasteiger partial charge is 0.507 e. The zero-order valence-electron chi connectivity index (χ0n) is 11.7. The van der Waals surface area contributed by atoms with Crippen molar-refractivity contribution < 1.29 is 15.0 Å². The van der Waals surface area contributed by atoms with Gasteiger partial charge in [0.15, 0.2) is 0 Å². The minimum atomic E-state index is -1.10. The summed E-state index contributed by atoms with van der Waals surface area (Å²) < 4.78 is 0. The van der Waals surface area contributed by atoms with Crippen LogP contribution >= 0.6 is 0 Å². The molecule has 0 spiro atoms. The normalized spacial score (nSPS) is 12.5. The van der Waals surface area contributed by atoms with Crippen molar-refractivity contribution in [3.8, 4) is 5.75 Å². The van der Waals surface area contributed by atoms with Crippen molar-refractivity contribution in [2.24, 2.45) is 5.41 Å². The maximum atomic E-state index is 10.9. The van der Waals surface area contributed by atoms with E-state index in [-0.39, 0.29) is 22.1 Å². The number of hydrogen-bond acceptors (Lipinski definition) is 2. The van der Waals surface area contributed by atoms with Gasteiger partial charge in [0.25, 0.3) is 0 Å². The van der Waals surface area contributed by atoms with E-state index in [9.17, 15) is 9.90 Å². The monoisotopic (exact) mass is 250 g/mol. The molecule has 0 bridgehead atoms. The Kier molecular flexibility index (Phi) is 3.75. The third-order valence-corrected chi connectivity index (χ3v) is 4.53. The average molecular weight is 250 g/mol. The topological polar surface area (TPSA) is 57.5 Å². The van der Waals surface area contributed by atoms with Gasteiger partial charge in [-0.1, -0.05) is 47.1 Å². The molecule has 0 radical (unpaired) electrons. The molecule has 0 saturated carbocycles. The molecule has 0 aliphatic rings. The first-order valence-electron chi connectivity index (χ1n) is 6.20. The third-order valence-electron chi connectivity index (χ3n) is 4.53. The molecule has 100 valence electrons. The van der Waals surface area contributed by atoms with Gasteiger partial charge in [-0.3, -0.25) is 0 Å². The van der Waals surface area contributed by atoms with Gasteiger partial charge in [-0.15, -0.1) is 0 Å². The van der Waals surface area contributed by atoms with E-state index in [0.717, 1.165) is 12.0 Å². The van der Waals surface area contributed by atoms with Crippen molar-refractivity contribution in [1.29, 1.82) is 0 Å². The number of aromatic hydroxyl groups is 1. The van der Waals surface area contributed by atoms with E-state index in [1.54, 1.807) is 12.1 Å². The summed E-state index contributed by atoms with van der Waals surface area (Å²) in [5.41, 5.74) is 0.821. The molecule has 0 saturated heterocycles. The first-order chi connectivity index (χ1) is 8.13. The predicted molar refractivity (Wildman–Crippen MR) is 72.2 cm³/mol. The minimum absolute atomic E-state index is 0.0520. The summed E-state index contributed by atoms with van der Waals surface area (Å²) in [4.78, 5) is 10.9. The van der Waals surface area contributed by atoms with Gasteiger partial charge in [0, 0.05) is 0 Å². The van der Waals surface area contributed by atoms with Gasteiger partial charge >= 0.3 is 5.97 Å². The molecule has 1 rings (SSSR count). The Balaban J connectivity index is 3.27. The van der Waals surface area contributed by atoms with Crippen LogP contribution in [0.2, 0.25) is 0 Å². The molecule has 1 aromatic rings. The van der Waals surface area contributed by atoms with Gasteiger partial charge in [-0.05, 0) is 28.5 Å². The van der Waals surface area contributed by atoms with E-state index in [4.69, 9.17) is 5.11 Å². The highest BCUT2D eigenvalue weighted by Gasteiger charge is 2.37.